The number of urea groups is 1. The lowest BCUT2D eigenvalue weighted by molar-refractivity contribution is -0.136. The third-order valence-electron chi connectivity index (χ3n) is 6.50. The molecule has 2 aromatic heterocycles. The number of rotatable bonds is 6. The van der Waals surface area contributed by atoms with Crippen molar-refractivity contribution in [1.82, 2.24) is 24.7 Å². The Morgan fingerprint density at radius 3 is 2.50 bits per heavy atom. The number of aromatic nitrogens is 3. The van der Waals surface area contributed by atoms with E-state index in [2.05, 4.69) is 15.2 Å². The molecular weight excluding hydrogens is 505 g/mol. The number of hydrogen-bond donors (Lipinski definition) is 1. The third kappa shape index (κ3) is 4.78. The third-order valence-corrected chi connectivity index (χ3v) is 6.50. The van der Waals surface area contributed by atoms with E-state index >= 15 is 0 Å². The van der Waals surface area contributed by atoms with Gasteiger partial charge in [-0.15, -0.1) is 0 Å². The number of carboxylic acids is 1. The van der Waals surface area contributed by atoms with Crippen molar-refractivity contribution in [3.05, 3.63) is 70.4 Å². The van der Waals surface area contributed by atoms with Crippen molar-refractivity contribution in [1.29, 1.82) is 0 Å². The number of ether oxygens (including phenoxy) is 1. The predicted octanol–water partition coefficient (Wildman–Crippen LogP) is 3.54. The summed E-state index contributed by atoms with van der Waals surface area (Å²) >= 11 is 0. The van der Waals surface area contributed by atoms with Gasteiger partial charge in [0.2, 0.25) is 0 Å². The standard InChI is InChI=1S/C25H23F3N6O4/c1-13-19(8-24(35)36)14(2)33(31-13)23-9-22(20(28)10-29-23)38-18-11-32(12-18)25(37)34-21(3-4-30-34)15-5-16(26)7-17(27)6-15/h4-7,9-10,18,21H,3,8,11-12H2,1-2H3,(H,35,36)/t21-/m0/s1. The molecule has 0 spiro atoms. The number of carbonyl (C=O) groups is 2. The molecule has 10 nitrogen and oxygen atoms in total. The van der Waals surface area contributed by atoms with Crippen LogP contribution < -0.4 is 4.74 Å². The zero-order valence-electron chi connectivity index (χ0n) is 20.4. The molecule has 1 fully saturated rings. The van der Waals surface area contributed by atoms with Gasteiger partial charge in [0.15, 0.2) is 17.4 Å². The molecule has 0 radical (unpaired) electrons. The first-order chi connectivity index (χ1) is 18.1. The molecule has 1 saturated heterocycles. The highest BCUT2D eigenvalue weighted by Crippen LogP contribution is 2.32. The molecule has 2 aliphatic heterocycles. The Morgan fingerprint density at radius 2 is 1.82 bits per heavy atom. The molecule has 0 bridgehead atoms. The van der Waals surface area contributed by atoms with E-state index in [-0.39, 0.29) is 31.1 Å². The number of nitrogens with zero attached hydrogens (tertiary/aromatic N) is 6. The summed E-state index contributed by atoms with van der Waals surface area (Å²) in [6.45, 7) is 3.68. The molecule has 2 amide bonds. The van der Waals surface area contributed by atoms with Gasteiger partial charge in [-0.3, -0.25) is 4.79 Å². The predicted molar refractivity (Wildman–Crippen MR) is 128 cm³/mol. The molecule has 5 rings (SSSR count). The van der Waals surface area contributed by atoms with Crippen LogP contribution in [0.25, 0.3) is 5.82 Å². The van der Waals surface area contributed by atoms with Gasteiger partial charge in [-0.1, -0.05) is 0 Å². The van der Waals surface area contributed by atoms with E-state index in [1.807, 2.05) is 0 Å². The minimum atomic E-state index is -0.995. The monoisotopic (exact) mass is 528 g/mol. The van der Waals surface area contributed by atoms with Crippen LogP contribution in [0, 0.1) is 31.3 Å². The number of aryl methyl sites for hydroxylation is 1. The van der Waals surface area contributed by atoms with Gasteiger partial charge in [0, 0.05) is 36.0 Å². The first kappa shape index (κ1) is 25.2. The Balaban J connectivity index is 1.25. The van der Waals surface area contributed by atoms with Crippen molar-refractivity contribution in [2.75, 3.05) is 13.1 Å². The fourth-order valence-corrected chi connectivity index (χ4v) is 4.56. The summed E-state index contributed by atoms with van der Waals surface area (Å²) in [6.07, 6.45) is 2.09. The highest BCUT2D eigenvalue weighted by Gasteiger charge is 2.39. The smallest absolute Gasteiger partial charge is 0.341 e. The summed E-state index contributed by atoms with van der Waals surface area (Å²) in [5.41, 5.74) is 1.93. The maximum atomic E-state index is 14.5. The van der Waals surface area contributed by atoms with Crippen molar-refractivity contribution in [3.63, 3.8) is 0 Å². The van der Waals surface area contributed by atoms with Crippen molar-refractivity contribution in [2.45, 2.75) is 38.8 Å². The second-order valence-electron chi connectivity index (χ2n) is 9.13. The van der Waals surface area contributed by atoms with Crippen molar-refractivity contribution in [2.24, 2.45) is 5.10 Å². The van der Waals surface area contributed by atoms with Gasteiger partial charge in [0.1, 0.15) is 17.7 Å². The fourth-order valence-electron chi connectivity index (χ4n) is 4.56. The summed E-state index contributed by atoms with van der Waals surface area (Å²) in [5, 5.41) is 18.7. The number of halogens is 3. The summed E-state index contributed by atoms with van der Waals surface area (Å²) in [4.78, 5) is 29.7. The van der Waals surface area contributed by atoms with E-state index < -0.39 is 41.6 Å². The van der Waals surface area contributed by atoms with Crippen LogP contribution in [0.3, 0.4) is 0 Å². The molecule has 0 saturated carbocycles. The number of hydrazone groups is 1. The zero-order valence-corrected chi connectivity index (χ0v) is 20.4. The highest BCUT2D eigenvalue weighted by atomic mass is 19.1. The van der Waals surface area contributed by atoms with Crippen LogP contribution in [-0.4, -0.2) is 67.2 Å². The molecule has 198 valence electrons. The zero-order chi connectivity index (χ0) is 27.1. The number of hydrogen-bond acceptors (Lipinski definition) is 6. The number of aliphatic carboxylic acids is 1. The maximum absolute atomic E-state index is 14.5. The van der Waals surface area contributed by atoms with Crippen LogP contribution in [0.2, 0.25) is 0 Å². The Morgan fingerprint density at radius 1 is 1.11 bits per heavy atom. The summed E-state index contributed by atoms with van der Waals surface area (Å²) in [6, 6.07) is 3.36. The lowest BCUT2D eigenvalue weighted by atomic mass is 10.0. The normalized spacial score (nSPS) is 17.1. The van der Waals surface area contributed by atoms with E-state index in [0.29, 0.717) is 28.9 Å². The van der Waals surface area contributed by atoms with Gasteiger partial charge in [0.05, 0.1) is 37.4 Å². The maximum Gasteiger partial charge on any atom is 0.341 e. The molecule has 38 heavy (non-hydrogen) atoms. The van der Waals surface area contributed by atoms with Crippen LogP contribution in [0.15, 0.2) is 35.6 Å². The Labute approximate surface area is 214 Å². The van der Waals surface area contributed by atoms with E-state index in [0.717, 1.165) is 12.3 Å². The lowest BCUT2D eigenvalue weighted by Gasteiger charge is -2.41. The number of likely N-dealkylation sites (tertiary alicyclic amines) is 1. The van der Waals surface area contributed by atoms with Crippen LogP contribution in [0.5, 0.6) is 5.75 Å². The fraction of sp³-hybridized carbons (Fsp3) is 0.320. The summed E-state index contributed by atoms with van der Waals surface area (Å²) in [7, 11) is 0. The van der Waals surface area contributed by atoms with Gasteiger partial charge in [-0.2, -0.15) is 10.2 Å². The average molecular weight is 528 g/mol. The van der Waals surface area contributed by atoms with Crippen LogP contribution in [-0.2, 0) is 11.2 Å². The topological polar surface area (TPSA) is 113 Å². The number of benzene rings is 1. The summed E-state index contributed by atoms with van der Waals surface area (Å²) < 4.78 is 49.1. The van der Waals surface area contributed by atoms with Gasteiger partial charge >= 0.3 is 12.0 Å². The molecular formula is C25H23F3N6O4. The van der Waals surface area contributed by atoms with Gasteiger partial charge in [-0.05, 0) is 31.5 Å². The molecule has 1 N–H and O–H groups in total. The molecule has 0 aliphatic carbocycles. The second-order valence-corrected chi connectivity index (χ2v) is 9.13. The average Bonchev–Trinajstić information content (AvgIpc) is 3.42. The van der Waals surface area contributed by atoms with Crippen molar-refractivity contribution >= 4 is 18.2 Å². The summed E-state index contributed by atoms with van der Waals surface area (Å²) in [5.74, 6) is -3.02. The molecule has 1 atom stereocenters. The number of amides is 2. The van der Waals surface area contributed by atoms with E-state index in [1.165, 1.54) is 39.0 Å². The van der Waals surface area contributed by atoms with Crippen LogP contribution in [0.4, 0.5) is 18.0 Å². The number of pyridine rings is 1. The highest BCUT2D eigenvalue weighted by molar-refractivity contribution is 5.79. The van der Waals surface area contributed by atoms with Crippen LogP contribution in [0.1, 0.15) is 35.0 Å². The van der Waals surface area contributed by atoms with Crippen molar-refractivity contribution < 1.29 is 32.6 Å². The minimum Gasteiger partial charge on any atom is -0.483 e. The van der Waals surface area contributed by atoms with E-state index in [9.17, 15) is 22.8 Å². The van der Waals surface area contributed by atoms with Gasteiger partial charge < -0.3 is 14.7 Å². The molecule has 3 aromatic rings. The van der Waals surface area contributed by atoms with Crippen molar-refractivity contribution in [3.8, 4) is 11.6 Å². The molecule has 2 aliphatic rings. The Hall–Kier alpha value is -4.42. The van der Waals surface area contributed by atoms with Crippen LogP contribution >= 0.6 is 0 Å². The van der Waals surface area contributed by atoms with Gasteiger partial charge in [-0.25, -0.2) is 32.6 Å². The van der Waals surface area contributed by atoms with Gasteiger partial charge in [0.25, 0.3) is 0 Å². The number of carbonyl (C=O) groups excluding carboxylic acids is 1. The molecule has 4 heterocycles. The lowest BCUT2D eigenvalue weighted by Crippen LogP contribution is -2.58. The molecule has 1 aromatic carbocycles. The Bertz CT molecular complexity index is 1430. The second kappa shape index (κ2) is 9.80. The molecule has 13 heteroatoms. The number of carboxylic acid groups (broad SMARTS) is 1. The van der Waals surface area contributed by atoms with E-state index in [1.54, 1.807) is 13.8 Å². The SMILES string of the molecule is Cc1nn(-c2cc(OC3CN(C(=O)N4N=CC[C@H]4c4cc(F)cc(F)c4)C3)c(F)cn2)c(C)c1CC(=O)O. The molecule has 0 unspecified atom stereocenters. The van der Waals surface area contributed by atoms with E-state index in [4.69, 9.17) is 9.84 Å². The largest absolute Gasteiger partial charge is 0.483 e. The first-order valence-corrected chi connectivity index (χ1v) is 11.8. The Kier molecular flexibility index (Phi) is 6.51. The quantitative estimate of drug-likeness (QED) is 0.524. The first-order valence-electron chi connectivity index (χ1n) is 11.8. The minimum absolute atomic E-state index is 0.0910.